The molecule has 1 aromatic heterocycles. The maximum atomic E-state index is 11.5. The fraction of sp³-hybridized carbons (Fsp3) is 0.846. The van der Waals surface area contributed by atoms with Crippen LogP contribution in [0.5, 0.6) is 0 Å². The van der Waals surface area contributed by atoms with Gasteiger partial charge in [-0.05, 0) is 6.42 Å². The van der Waals surface area contributed by atoms with Gasteiger partial charge >= 0.3 is 5.69 Å². The summed E-state index contributed by atoms with van der Waals surface area (Å²) < 4.78 is 18.9. The van der Waals surface area contributed by atoms with E-state index in [0.717, 1.165) is 19.4 Å². The Bertz CT molecular complexity index is 403. The van der Waals surface area contributed by atoms with E-state index in [0.29, 0.717) is 39.6 Å². The van der Waals surface area contributed by atoms with Gasteiger partial charge in [-0.3, -0.25) is 4.57 Å². The highest BCUT2D eigenvalue weighted by atomic mass is 16.5. The average molecular weight is 287 g/mol. The summed E-state index contributed by atoms with van der Waals surface area (Å²) in [6, 6.07) is 0. The molecule has 7 nitrogen and oxygen atoms in total. The van der Waals surface area contributed by atoms with E-state index in [1.807, 2.05) is 0 Å². The zero-order chi connectivity index (χ0) is 14.6. The van der Waals surface area contributed by atoms with Crippen LogP contribution in [0, 0.1) is 0 Å². The van der Waals surface area contributed by atoms with Crippen LogP contribution in [0.1, 0.15) is 19.8 Å². The van der Waals surface area contributed by atoms with Crippen LogP contribution >= 0.6 is 0 Å². The van der Waals surface area contributed by atoms with Crippen LogP contribution in [0.25, 0.3) is 0 Å². The first-order valence-corrected chi connectivity index (χ1v) is 7.07. The van der Waals surface area contributed by atoms with Crippen molar-refractivity contribution in [3.63, 3.8) is 0 Å². The van der Waals surface area contributed by atoms with Crippen molar-refractivity contribution in [1.82, 2.24) is 14.3 Å². The Balaban J connectivity index is 1.88. The molecule has 0 saturated carbocycles. The van der Waals surface area contributed by atoms with E-state index in [1.165, 1.54) is 15.6 Å². The van der Waals surface area contributed by atoms with Crippen LogP contribution in [0.15, 0.2) is 11.1 Å². The van der Waals surface area contributed by atoms with Crippen molar-refractivity contribution in [2.75, 3.05) is 39.6 Å². The molecule has 0 aliphatic rings. The van der Waals surface area contributed by atoms with Crippen LogP contribution in [0.2, 0.25) is 0 Å². The summed E-state index contributed by atoms with van der Waals surface area (Å²) in [7, 11) is 1.67. The topological polar surface area (TPSA) is 67.5 Å². The molecule has 0 unspecified atom stereocenters. The second kappa shape index (κ2) is 10.6. The highest BCUT2D eigenvalue weighted by Crippen LogP contribution is 1.88. The van der Waals surface area contributed by atoms with E-state index in [4.69, 9.17) is 14.2 Å². The summed E-state index contributed by atoms with van der Waals surface area (Å²) in [6.45, 7) is 6.11. The number of aromatic nitrogens is 3. The Morgan fingerprint density at radius 3 is 2.20 bits per heavy atom. The third-order valence-corrected chi connectivity index (χ3v) is 2.72. The molecule has 1 aromatic rings. The number of nitrogens with zero attached hydrogens (tertiary/aromatic N) is 3. The molecule has 1 heterocycles. The molecule has 0 fully saturated rings. The zero-order valence-electron chi connectivity index (χ0n) is 12.4. The summed E-state index contributed by atoms with van der Waals surface area (Å²) in [5, 5.41) is 3.94. The van der Waals surface area contributed by atoms with Gasteiger partial charge in [0.25, 0.3) is 0 Å². The molecule has 0 amide bonds. The Morgan fingerprint density at radius 2 is 1.65 bits per heavy atom. The third kappa shape index (κ3) is 6.83. The third-order valence-electron chi connectivity index (χ3n) is 2.72. The molecule has 1 rings (SSSR count). The van der Waals surface area contributed by atoms with E-state index >= 15 is 0 Å². The fourth-order valence-electron chi connectivity index (χ4n) is 1.51. The van der Waals surface area contributed by atoms with Crippen molar-refractivity contribution < 1.29 is 14.2 Å². The van der Waals surface area contributed by atoms with Crippen molar-refractivity contribution in [3.05, 3.63) is 16.8 Å². The van der Waals surface area contributed by atoms with E-state index in [2.05, 4.69) is 12.0 Å². The first-order chi connectivity index (χ1) is 9.75. The van der Waals surface area contributed by atoms with Gasteiger partial charge in [-0.25, -0.2) is 9.48 Å². The molecule has 0 radical (unpaired) electrons. The lowest BCUT2D eigenvalue weighted by Gasteiger charge is -2.06. The number of hydrogen-bond acceptors (Lipinski definition) is 5. The van der Waals surface area contributed by atoms with Gasteiger partial charge in [0, 0.05) is 13.7 Å². The van der Waals surface area contributed by atoms with E-state index in [-0.39, 0.29) is 5.69 Å². The second-order valence-corrected chi connectivity index (χ2v) is 4.44. The molecule has 0 aliphatic heterocycles. The van der Waals surface area contributed by atoms with E-state index in [9.17, 15) is 4.79 Å². The summed E-state index contributed by atoms with van der Waals surface area (Å²) in [5.74, 6) is 0. The van der Waals surface area contributed by atoms with Crippen molar-refractivity contribution in [3.8, 4) is 0 Å². The first-order valence-electron chi connectivity index (χ1n) is 7.07. The van der Waals surface area contributed by atoms with Gasteiger partial charge in [-0.15, -0.1) is 0 Å². The maximum Gasteiger partial charge on any atom is 0.345 e. The summed E-state index contributed by atoms with van der Waals surface area (Å²) in [5.41, 5.74) is -0.130. The molecule has 0 saturated heterocycles. The van der Waals surface area contributed by atoms with E-state index < -0.39 is 0 Å². The van der Waals surface area contributed by atoms with Crippen molar-refractivity contribution in [2.24, 2.45) is 7.05 Å². The summed E-state index contributed by atoms with van der Waals surface area (Å²) >= 11 is 0. The van der Waals surface area contributed by atoms with Gasteiger partial charge in [0.2, 0.25) is 0 Å². The van der Waals surface area contributed by atoms with Crippen LogP contribution in [0.3, 0.4) is 0 Å². The van der Waals surface area contributed by atoms with Crippen LogP contribution in [-0.4, -0.2) is 54.0 Å². The SMILES string of the molecule is CCCCOCCOCCOCCn1ncn(C)c1=O. The molecular weight excluding hydrogens is 262 g/mol. The summed E-state index contributed by atoms with van der Waals surface area (Å²) in [6.07, 6.45) is 3.73. The monoisotopic (exact) mass is 287 g/mol. The van der Waals surface area contributed by atoms with Gasteiger partial charge in [0.15, 0.2) is 0 Å². The highest BCUT2D eigenvalue weighted by Gasteiger charge is 2.00. The summed E-state index contributed by atoms with van der Waals surface area (Å²) in [4.78, 5) is 11.5. The highest BCUT2D eigenvalue weighted by molar-refractivity contribution is 4.64. The minimum atomic E-state index is -0.130. The van der Waals surface area contributed by atoms with Gasteiger partial charge in [0.05, 0.1) is 39.6 Å². The van der Waals surface area contributed by atoms with Crippen molar-refractivity contribution in [1.29, 1.82) is 0 Å². The van der Waals surface area contributed by atoms with Crippen LogP contribution in [-0.2, 0) is 27.8 Å². The molecule has 0 aliphatic carbocycles. The van der Waals surface area contributed by atoms with Crippen LogP contribution in [0.4, 0.5) is 0 Å². The van der Waals surface area contributed by atoms with Gasteiger partial charge in [0.1, 0.15) is 6.33 Å². The Morgan fingerprint density at radius 1 is 1.05 bits per heavy atom. The Kier molecular flexibility index (Phi) is 8.93. The minimum absolute atomic E-state index is 0.130. The van der Waals surface area contributed by atoms with Gasteiger partial charge < -0.3 is 14.2 Å². The molecular formula is C13H25N3O4. The number of rotatable bonds is 12. The number of hydrogen-bond donors (Lipinski definition) is 0. The van der Waals surface area contributed by atoms with Crippen molar-refractivity contribution >= 4 is 0 Å². The van der Waals surface area contributed by atoms with Crippen LogP contribution < -0.4 is 5.69 Å². The average Bonchev–Trinajstić information content (AvgIpc) is 2.76. The molecule has 0 bridgehead atoms. The first kappa shape index (κ1) is 16.9. The van der Waals surface area contributed by atoms with Gasteiger partial charge in [-0.2, -0.15) is 5.10 Å². The standard InChI is InChI=1S/C13H25N3O4/c1-3-4-6-18-8-10-20-11-9-19-7-5-16-13(17)15(2)12-14-16/h12H,3-11H2,1-2H3. The molecule has 7 heteroatoms. The van der Waals surface area contributed by atoms with Gasteiger partial charge in [-0.1, -0.05) is 13.3 Å². The molecule has 0 aromatic carbocycles. The number of ether oxygens (including phenoxy) is 3. The lowest BCUT2D eigenvalue weighted by molar-refractivity contribution is 0.0122. The Labute approximate surface area is 119 Å². The molecule has 0 spiro atoms. The zero-order valence-corrected chi connectivity index (χ0v) is 12.4. The predicted octanol–water partition coefficient (Wildman–Crippen LogP) is 0.432. The smallest absolute Gasteiger partial charge is 0.345 e. The maximum absolute atomic E-state index is 11.5. The molecule has 20 heavy (non-hydrogen) atoms. The largest absolute Gasteiger partial charge is 0.379 e. The second-order valence-electron chi connectivity index (χ2n) is 4.44. The quantitative estimate of drug-likeness (QED) is 0.522. The lowest BCUT2D eigenvalue weighted by atomic mass is 10.4. The molecule has 0 atom stereocenters. The minimum Gasteiger partial charge on any atom is -0.379 e. The predicted molar refractivity (Wildman–Crippen MR) is 74.8 cm³/mol. The van der Waals surface area contributed by atoms with Crippen molar-refractivity contribution in [2.45, 2.75) is 26.3 Å². The number of unbranched alkanes of at least 4 members (excludes halogenated alkanes) is 1. The number of aryl methyl sites for hydroxylation is 1. The molecule has 116 valence electrons. The Hall–Kier alpha value is -1.18. The molecule has 0 N–H and O–H groups in total. The lowest BCUT2D eigenvalue weighted by Crippen LogP contribution is -2.25. The van der Waals surface area contributed by atoms with E-state index in [1.54, 1.807) is 7.05 Å². The fourth-order valence-corrected chi connectivity index (χ4v) is 1.51. The normalized spacial score (nSPS) is 11.1.